The summed E-state index contributed by atoms with van der Waals surface area (Å²) < 4.78 is 0. The zero-order chi connectivity index (χ0) is 19.2. The highest BCUT2D eigenvalue weighted by Gasteiger charge is 2.27. The summed E-state index contributed by atoms with van der Waals surface area (Å²) in [6.45, 7) is 2.11. The lowest BCUT2D eigenvalue weighted by Crippen LogP contribution is -2.14. The van der Waals surface area contributed by atoms with Gasteiger partial charge >= 0.3 is 5.97 Å². The van der Waals surface area contributed by atoms with Crippen LogP contribution in [-0.4, -0.2) is 28.1 Å². The SMILES string of the molecule is CC/C=C\C/C=C\C/C=C\C[C@@H]1C(=O)C=C[C@@H]1/C=C/[C@H](O)CCC(=O)O. The van der Waals surface area contributed by atoms with Crippen molar-refractivity contribution in [1.82, 2.24) is 0 Å². The van der Waals surface area contributed by atoms with E-state index in [-0.39, 0.29) is 30.5 Å². The van der Waals surface area contributed by atoms with Crippen LogP contribution in [0.4, 0.5) is 0 Å². The van der Waals surface area contributed by atoms with E-state index >= 15 is 0 Å². The van der Waals surface area contributed by atoms with Crippen LogP contribution in [-0.2, 0) is 9.59 Å². The number of aliphatic hydroxyl groups is 1. The van der Waals surface area contributed by atoms with Gasteiger partial charge in [-0.3, -0.25) is 9.59 Å². The van der Waals surface area contributed by atoms with Gasteiger partial charge in [-0.25, -0.2) is 0 Å². The van der Waals surface area contributed by atoms with E-state index in [2.05, 4.69) is 37.3 Å². The van der Waals surface area contributed by atoms with Crippen molar-refractivity contribution in [2.75, 3.05) is 0 Å². The normalized spacial score (nSPS) is 21.8. The first-order valence-electron chi connectivity index (χ1n) is 9.29. The van der Waals surface area contributed by atoms with E-state index in [4.69, 9.17) is 5.11 Å². The minimum Gasteiger partial charge on any atom is -0.481 e. The van der Waals surface area contributed by atoms with Crippen molar-refractivity contribution in [2.24, 2.45) is 11.8 Å². The fourth-order valence-corrected chi connectivity index (χ4v) is 2.70. The zero-order valence-electron chi connectivity index (χ0n) is 15.5. The Morgan fingerprint density at radius 2 is 1.81 bits per heavy atom. The van der Waals surface area contributed by atoms with Crippen LogP contribution < -0.4 is 0 Å². The van der Waals surface area contributed by atoms with Crippen LogP contribution in [0.2, 0.25) is 0 Å². The van der Waals surface area contributed by atoms with Gasteiger partial charge in [0.1, 0.15) is 0 Å². The van der Waals surface area contributed by atoms with Gasteiger partial charge < -0.3 is 10.2 Å². The highest BCUT2D eigenvalue weighted by molar-refractivity contribution is 5.95. The van der Waals surface area contributed by atoms with Crippen molar-refractivity contribution >= 4 is 11.8 Å². The number of aliphatic carboxylic acids is 1. The minimum atomic E-state index is -0.924. The summed E-state index contributed by atoms with van der Waals surface area (Å²) in [5.74, 6) is -0.997. The van der Waals surface area contributed by atoms with Gasteiger partial charge in [-0.05, 0) is 38.2 Å². The van der Waals surface area contributed by atoms with Crippen LogP contribution in [0.15, 0.2) is 60.8 Å². The average Bonchev–Trinajstić information content (AvgIpc) is 2.96. The Balaban J connectivity index is 2.39. The molecule has 4 nitrogen and oxygen atoms in total. The highest BCUT2D eigenvalue weighted by atomic mass is 16.4. The minimum absolute atomic E-state index is 0.0404. The second kappa shape index (κ2) is 13.1. The number of carboxylic acids is 1. The van der Waals surface area contributed by atoms with Crippen molar-refractivity contribution in [3.05, 3.63) is 60.8 Å². The molecule has 0 aromatic carbocycles. The first-order valence-corrected chi connectivity index (χ1v) is 9.29. The molecule has 0 aromatic rings. The molecule has 0 aliphatic heterocycles. The average molecular weight is 358 g/mol. The second-order valence-corrected chi connectivity index (χ2v) is 6.36. The van der Waals surface area contributed by atoms with E-state index < -0.39 is 12.1 Å². The molecule has 3 atom stereocenters. The van der Waals surface area contributed by atoms with E-state index in [9.17, 15) is 14.7 Å². The Hall–Kier alpha value is -2.20. The van der Waals surface area contributed by atoms with Crippen molar-refractivity contribution in [3.8, 4) is 0 Å². The molecule has 0 radical (unpaired) electrons. The Morgan fingerprint density at radius 1 is 1.15 bits per heavy atom. The van der Waals surface area contributed by atoms with Gasteiger partial charge in [0, 0.05) is 18.3 Å². The fourth-order valence-electron chi connectivity index (χ4n) is 2.70. The molecule has 0 unspecified atom stereocenters. The van der Waals surface area contributed by atoms with Crippen molar-refractivity contribution < 1.29 is 19.8 Å². The molecule has 2 N–H and O–H groups in total. The van der Waals surface area contributed by atoms with Crippen molar-refractivity contribution in [2.45, 2.75) is 51.6 Å². The first kappa shape index (κ1) is 21.8. The smallest absolute Gasteiger partial charge is 0.303 e. The molecule has 0 heterocycles. The summed E-state index contributed by atoms with van der Waals surface area (Å²) in [5, 5.41) is 18.4. The molecular weight excluding hydrogens is 328 g/mol. The van der Waals surface area contributed by atoms with E-state index in [1.165, 1.54) is 0 Å². The Kier molecular flexibility index (Phi) is 11.0. The molecule has 4 heteroatoms. The molecule has 0 saturated carbocycles. The molecule has 0 saturated heterocycles. The molecule has 0 spiro atoms. The quantitative estimate of drug-likeness (QED) is 0.507. The van der Waals surface area contributed by atoms with Gasteiger partial charge in [0.15, 0.2) is 5.78 Å². The molecule has 1 rings (SSSR count). The molecule has 142 valence electrons. The number of hydrogen-bond acceptors (Lipinski definition) is 3. The van der Waals surface area contributed by atoms with Crippen molar-refractivity contribution in [1.29, 1.82) is 0 Å². The molecule has 0 fully saturated rings. The maximum absolute atomic E-state index is 12.0. The summed E-state index contributed by atoms with van der Waals surface area (Å²) in [6.07, 6.45) is 22.3. The third-order valence-corrected chi connectivity index (χ3v) is 4.19. The Labute approximate surface area is 156 Å². The fraction of sp³-hybridized carbons (Fsp3) is 0.455. The summed E-state index contributed by atoms with van der Waals surface area (Å²) in [6, 6.07) is 0. The lowest BCUT2D eigenvalue weighted by atomic mass is 9.90. The van der Waals surface area contributed by atoms with Crippen LogP contribution >= 0.6 is 0 Å². The second-order valence-electron chi connectivity index (χ2n) is 6.36. The maximum atomic E-state index is 12.0. The third-order valence-electron chi connectivity index (χ3n) is 4.19. The first-order chi connectivity index (χ1) is 12.5. The number of carboxylic acid groups (broad SMARTS) is 1. The Bertz CT molecular complexity index is 581. The Morgan fingerprint density at radius 3 is 2.46 bits per heavy atom. The number of carbonyl (C=O) groups excluding carboxylic acids is 1. The van der Waals surface area contributed by atoms with Gasteiger partial charge in [0.25, 0.3) is 0 Å². The maximum Gasteiger partial charge on any atom is 0.303 e. The number of ketones is 1. The third kappa shape index (κ3) is 9.33. The van der Waals surface area contributed by atoms with Crippen molar-refractivity contribution in [3.63, 3.8) is 0 Å². The highest BCUT2D eigenvalue weighted by Crippen LogP contribution is 2.27. The predicted molar refractivity (Wildman–Crippen MR) is 105 cm³/mol. The van der Waals surface area contributed by atoms with Crippen LogP contribution in [0.25, 0.3) is 0 Å². The topological polar surface area (TPSA) is 74.6 Å². The van der Waals surface area contributed by atoms with Gasteiger partial charge in [0.05, 0.1) is 6.10 Å². The number of allylic oxidation sites excluding steroid dienone is 9. The molecular formula is C22H30O4. The number of aliphatic hydroxyl groups excluding tert-OH is 1. The van der Waals surface area contributed by atoms with Gasteiger partial charge in [-0.15, -0.1) is 0 Å². The number of carbonyl (C=O) groups is 2. The number of hydrogen-bond donors (Lipinski definition) is 2. The molecule has 0 bridgehead atoms. The molecule has 0 amide bonds. The molecule has 1 aliphatic carbocycles. The van der Waals surface area contributed by atoms with Gasteiger partial charge in [-0.2, -0.15) is 0 Å². The lowest BCUT2D eigenvalue weighted by molar-refractivity contribution is -0.137. The molecule has 26 heavy (non-hydrogen) atoms. The standard InChI is InChI=1S/C22H30O4/c1-2-3-4-5-6-7-8-9-10-11-20-18(13-16-21(20)24)12-14-19(23)15-17-22(25)26/h3-4,6-7,9-10,12-14,16,18-20,23H,2,5,8,11,15,17H2,1H3,(H,25,26)/b4-3-,7-6-,10-9-,14-12+/t18-,19-,20-/m0/s1. The monoisotopic (exact) mass is 358 g/mol. The van der Waals surface area contributed by atoms with E-state index in [1.54, 1.807) is 12.2 Å². The largest absolute Gasteiger partial charge is 0.481 e. The number of rotatable bonds is 12. The van der Waals surface area contributed by atoms with Crippen LogP contribution in [0.1, 0.15) is 45.4 Å². The summed E-state index contributed by atoms with van der Waals surface area (Å²) in [5.41, 5.74) is 0. The van der Waals surface area contributed by atoms with Crippen LogP contribution in [0.3, 0.4) is 0 Å². The summed E-state index contributed by atoms with van der Waals surface area (Å²) >= 11 is 0. The lowest BCUT2D eigenvalue weighted by Gasteiger charge is -2.13. The zero-order valence-corrected chi connectivity index (χ0v) is 15.5. The van der Waals surface area contributed by atoms with E-state index in [1.807, 2.05) is 18.2 Å². The predicted octanol–water partition coefficient (Wildman–Crippen LogP) is 4.39. The van der Waals surface area contributed by atoms with E-state index in [0.717, 1.165) is 19.3 Å². The van der Waals surface area contributed by atoms with E-state index in [0.29, 0.717) is 6.42 Å². The van der Waals surface area contributed by atoms with Gasteiger partial charge in [-0.1, -0.05) is 61.6 Å². The van der Waals surface area contributed by atoms with Crippen LogP contribution in [0, 0.1) is 11.8 Å². The summed E-state index contributed by atoms with van der Waals surface area (Å²) in [7, 11) is 0. The van der Waals surface area contributed by atoms with Crippen LogP contribution in [0.5, 0.6) is 0 Å². The molecule has 0 aromatic heterocycles. The summed E-state index contributed by atoms with van der Waals surface area (Å²) in [4.78, 5) is 22.5. The van der Waals surface area contributed by atoms with Gasteiger partial charge in [0.2, 0.25) is 0 Å². The molecule has 1 aliphatic rings.